The lowest BCUT2D eigenvalue weighted by Gasteiger charge is -2.37. The predicted molar refractivity (Wildman–Crippen MR) is 64.6 cm³/mol. The van der Waals surface area contributed by atoms with Gasteiger partial charge < -0.3 is 9.94 Å². The minimum Gasteiger partial charge on any atom is -0.477 e. The third-order valence-electron chi connectivity index (χ3n) is 2.96. The molecule has 0 saturated carbocycles. The standard InChI is InChI=1S/C11H10N2O4S/c1-5-2-6(17-12-5)3-7-9(14)13-8(11(15)16)4-18-10(7)13/h3-4,6,10H,2H2,1H3,(H,15,16)/b7-3-/t6?,10-/m0/s1. The fourth-order valence-corrected chi connectivity index (χ4v) is 3.23. The maximum absolute atomic E-state index is 11.9. The van der Waals surface area contributed by atoms with Crippen molar-refractivity contribution in [2.75, 3.05) is 0 Å². The van der Waals surface area contributed by atoms with Gasteiger partial charge in [-0.1, -0.05) is 5.16 Å². The number of hydrogen-bond donors (Lipinski definition) is 1. The number of aliphatic carboxylic acids is 1. The van der Waals surface area contributed by atoms with Crippen LogP contribution in [0.5, 0.6) is 0 Å². The van der Waals surface area contributed by atoms with Crippen LogP contribution < -0.4 is 0 Å². The third-order valence-corrected chi connectivity index (χ3v) is 4.04. The van der Waals surface area contributed by atoms with Crippen molar-refractivity contribution < 1.29 is 19.5 Å². The maximum Gasteiger partial charge on any atom is 0.353 e. The molecule has 3 rings (SSSR count). The third kappa shape index (κ3) is 1.54. The van der Waals surface area contributed by atoms with E-state index < -0.39 is 5.97 Å². The molecule has 3 aliphatic heterocycles. The van der Waals surface area contributed by atoms with Gasteiger partial charge in [-0.25, -0.2) is 4.79 Å². The summed E-state index contributed by atoms with van der Waals surface area (Å²) in [5, 5.41) is 14.0. The molecule has 2 atom stereocenters. The SMILES string of the molecule is CC1=NOC(/C=C2/C(=O)N3C(C(=O)O)=CS[C@@H]23)C1. The van der Waals surface area contributed by atoms with E-state index in [4.69, 9.17) is 9.94 Å². The lowest BCUT2D eigenvalue weighted by atomic mass is 10.0. The van der Waals surface area contributed by atoms with E-state index in [1.54, 1.807) is 6.08 Å². The van der Waals surface area contributed by atoms with E-state index in [0.717, 1.165) is 5.71 Å². The number of nitrogens with zero attached hydrogens (tertiary/aromatic N) is 2. The Balaban J connectivity index is 1.75. The average molecular weight is 266 g/mol. The molecule has 94 valence electrons. The monoisotopic (exact) mass is 266 g/mol. The molecule has 1 amide bonds. The van der Waals surface area contributed by atoms with E-state index in [1.807, 2.05) is 6.92 Å². The van der Waals surface area contributed by atoms with Gasteiger partial charge in [0.15, 0.2) is 6.10 Å². The van der Waals surface area contributed by atoms with E-state index in [2.05, 4.69) is 5.16 Å². The molecule has 0 aliphatic carbocycles. The van der Waals surface area contributed by atoms with Crippen molar-refractivity contribution in [2.24, 2.45) is 5.16 Å². The Morgan fingerprint density at radius 3 is 3.11 bits per heavy atom. The van der Waals surface area contributed by atoms with Crippen molar-refractivity contribution in [3.05, 3.63) is 22.8 Å². The zero-order valence-electron chi connectivity index (χ0n) is 9.49. The molecule has 3 aliphatic rings. The maximum atomic E-state index is 11.9. The second kappa shape index (κ2) is 3.88. The summed E-state index contributed by atoms with van der Waals surface area (Å²) in [5.74, 6) is -1.33. The number of rotatable bonds is 2. The zero-order chi connectivity index (χ0) is 12.9. The van der Waals surface area contributed by atoms with Crippen LogP contribution in [0.4, 0.5) is 0 Å². The van der Waals surface area contributed by atoms with Crippen molar-refractivity contribution in [3.8, 4) is 0 Å². The number of fused-ring (bicyclic) bond motifs is 1. The Morgan fingerprint density at radius 2 is 2.50 bits per heavy atom. The quantitative estimate of drug-likeness (QED) is 0.594. The van der Waals surface area contributed by atoms with Crippen molar-refractivity contribution in [1.29, 1.82) is 0 Å². The van der Waals surface area contributed by atoms with Crippen LogP contribution in [-0.4, -0.2) is 39.1 Å². The highest BCUT2D eigenvalue weighted by Gasteiger charge is 2.49. The Bertz CT molecular complexity index is 537. The zero-order valence-corrected chi connectivity index (χ0v) is 10.3. The first kappa shape index (κ1) is 11.3. The van der Waals surface area contributed by atoms with Gasteiger partial charge in [0.2, 0.25) is 0 Å². The Labute approximate surface area is 107 Å². The van der Waals surface area contributed by atoms with Gasteiger partial charge in [-0.05, 0) is 13.0 Å². The van der Waals surface area contributed by atoms with Gasteiger partial charge in [-0.15, -0.1) is 11.8 Å². The van der Waals surface area contributed by atoms with Gasteiger partial charge in [0, 0.05) is 11.8 Å². The molecule has 1 N–H and O–H groups in total. The number of hydrogen-bond acceptors (Lipinski definition) is 5. The average Bonchev–Trinajstić information content (AvgIpc) is 2.89. The fraction of sp³-hybridized carbons (Fsp3) is 0.364. The molecular weight excluding hydrogens is 256 g/mol. The van der Waals surface area contributed by atoms with Crippen LogP contribution in [-0.2, 0) is 14.4 Å². The summed E-state index contributed by atoms with van der Waals surface area (Å²) in [4.78, 5) is 29.2. The summed E-state index contributed by atoms with van der Waals surface area (Å²) in [6.07, 6.45) is 2.21. The Hall–Kier alpha value is -1.76. The van der Waals surface area contributed by atoms with Crippen LogP contribution in [0.25, 0.3) is 0 Å². The number of carbonyl (C=O) groups is 2. The van der Waals surface area contributed by atoms with Crippen LogP contribution in [0.1, 0.15) is 13.3 Å². The number of carboxylic acid groups (broad SMARTS) is 1. The predicted octanol–water partition coefficient (Wildman–Crippen LogP) is 0.919. The van der Waals surface area contributed by atoms with Crippen LogP contribution >= 0.6 is 11.8 Å². The van der Waals surface area contributed by atoms with Gasteiger partial charge in [0.05, 0.1) is 11.3 Å². The molecule has 7 heteroatoms. The first-order valence-corrected chi connectivity index (χ1v) is 6.35. The van der Waals surface area contributed by atoms with Crippen molar-refractivity contribution in [1.82, 2.24) is 4.90 Å². The number of carboxylic acids is 1. The van der Waals surface area contributed by atoms with E-state index >= 15 is 0 Å². The molecule has 0 aromatic heterocycles. The number of carbonyl (C=O) groups excluding carboxylic acids is 1. The largest absolute Gasteiger partial charge is 0.477 e. The van der Waals surface area contributed by atoms with Gasteiger partial charge in [0.25, 0.3) is 5.91 Å². The fourth-order valence-electron chi connectivity index (χ4n) is 2.10. The second-order valence-electron chi connectivity index (χ2n) is 4.27. The van der Waals surface area contributed by atoms with E-state index in [0.29, 0.717) is 12.0 Å². The lowest BCUT2D eigenvalue weighted by Crippen LogP contribution is -2.51. The first-order valence-electron chi connectivity index (χ1n) is 5.41. The van der Waals surface area contributed by atoms with E-state index in [1.165, 1.54) is 22.1 Å². The van der Waals surface area contributed by atoms with Gasteiger partial charge in [-0.2, -0.15) is 0 Å². The minimum atomic E-state index is -1.08. The topological polar surface area (TPSA) is 79.2 Å². The minimum absolute atomic E-state index is 0.0481. The first-order chi connectivity index (χ1) is 8.58. The molecule has 18 heavy (non-hydrogen) atoms. The molecule has 0 spiro atoms. The van der Waals surface area contributed by atoms with Crippen molar-refractivity contribution in [3.63, 3.8) is 0 Å². The smallest absolute Gasteiger partial charge is 0.353 e. The molecule has 3 heterocycles. The summed E-state index contributed by atoms with van der Waals surface area (Å²) in [6.45, 7) is 1.86. The lowest BCUT2D eigenvalue weighted by molar-refractivity contribution is -0.141. The van der Waals surface area contributed by atoms with Crippen LogP contribution in [0, 0.1) is 0 Å². The molecule has 0 radical (unpaired) electrons. The van der Waals surface area contributed by atoms with Crippen LogP contribution in [0.3, 0.4) is 0 Å². The van der Waals surface area contributed by atoms with Gasteiger partial charge >= 0.3 is 5.97 Å². The number of β-lactam (4-membered cyclic amide) rings is 1. The molecule has 1 fully saturated rings. The van der Waals surface area contributed by atoms with Crippen LogP contribution in [0.15, 0.2) is 27.9 Å². The normalized spacial score (nSPS) is 31.7. The Morgan fingerprint density at radius 1 is 1.72 bits per heavy atom. The number of oxime groups is 1. The Kier molecular flexibility index (Phi) is 2.44. The second-order valence-corrected chi connectivity index (χ2v) is 5.22. The van der Waals surface area contributed by atoms with E-state index in [9.17, 15) is 9.59 Å². The molecule has 0 aromatic rings. The number of amides is 1. The molecular formula is C11H10N2O4S. The van der Waals surface area contributed by atoms with Gasteiger partial charge in [0.1, 0.15) is 11.1 Å². The summed E-state index contributed by atoms with van der Waals surface area (Å²) < 4.78 is 0. The number of thioether (sulfide) groups is 1. The molecule has 1 saturated heterocycles. The molecule has 1 unspecified atom stereocenters. The highest BCUT2D eigenvalue weighted by molar-refractivity contribution is 8.03. The highest BCUT2D eigenvalue weighted by atomic mass is 32.2. The molecule has 0 aromatic carbocycles. The van der Waals surface area contributed by atoms with Gasteiger partial charge in [-0.3, -0.25) is 9.69 Å². The van der Waals surface area contributed by atoms with E-state index in [-0.39, 0.29) is 23.1 Å². The highest BCUT2D eigenvalue weighted by Crippen LogP contribution is 2.44. The summed E-state index contributed by atoms with van der Waals surface area (Å²) >= 11 is 1.33. The molecule has 0 bridgehead atoms. The van der Waals surface area contributed by atoms with Crippen LogP contribution in [0.2, 0.25) is 0 Å². The van der Waals surface area contributed by atoms with Crippen molar-refractivity contribution in [2.45, 2.75) is 24.8 Å². The van der Waals surface area contributed by atoms with Crippen molar-refractivity contribution >= 4 is 29.4 Å². The molecule has 6 nitrogen and oxygen atoms in total. The summed E-state index contributed by atoms with van der Waals surface area (Å²) in [7, 11) is 0. The summed E-state index contributed by atoms with van der Waals surface area (Å²) in [6, 6.07) is 0. The summed E-state index contributed by atoms with van der Waals surface area (Å²) in [5.41, 5.74) is 1.54.